The molecule has 0 amide bonds. The molecule has 0 saturated carbocycles. The maximum absolute atomic E-state index is 8.48. The van der Waals surface area contributed by atoms with E-state index in [0.717, 1.165) is 6.42 Å². The number of terminal acetylenes is 1. The van der Waals surface area contributed by atoms with E-state index in [4.69, 9.17) is 11.5 Å². The highest BCUT2D eigenvalue weighted by atomic mass is 16.3. The van der Waals surface area contributed by atoms with Crippen LogP contribution in [0.2, 0.25) is 0 Å². The average molecular weight is 96.1 g/mol. The molecule has 0 aliphatic carbocycles. The van der Waals surface area contributed by atoms with Crippen molar-refractivity contribution in [2.24, 2.45) is 0 Å². The Hall–Kier alpha value is -0.900. The molecule has 0 aliphatic heterocycles. The molecule has 0 atom stereocenters. The van der Waals surface area contributed by atoms with E-state index in [1.165, 1.54) is 0 Å². The van der Waals surface area contributed by atoms with E-state index in [0.29, 0.717) is 0 Å². The van der Waals surface area contributed by atoms with E-state index < -0.39 is 0 Å². The molecule has 0 aliphatic rings. The second kappa shape index (κ2) is 3.30. The van der Waals surface area contributed by atoms with Crippen LogP contribution in [0, 0.1) is 12.3 Å². The first-order valence-corrected chi connectivity index (χ1v) is 2.17. The molecule has 1 N–H and O–H groups in total. The fraction of sp³-hybridized carbons (Fsp3) is 0.333. The molecule has 0 rings (SSSR count). The van der Waals surface area contributed by atoms with Crippen molar-refractivity contribution in [1.29, 1.82) is 0 Å². The second-order valence-electron chi connectivity index (χ2n) is 1.14. The van der Waals surface area contributed by atoms with Gasteiger partial charge in [0.05, 0.1) is 0 Å². The fourth-order valence-corrected chi connectivity index (χ4v) is 0.252. The van der Waals surface area contributed by atoms with Gasteiger partial charge in [0.15, 0.2) is 5.76 Å². The van der Waals surface area contributed by atoms with Crippen molar-refractivity contribution in [2.75, 3.05) is 0 Å². The van der Waals surface area contributed by atoms with Crippen LogP contribution in [0.4, 0.5) is 0 Å². The number of allylic oxidation sites excluding steroid dienone is 2. The Bertz CT molecular complexity index is 106. The maximum Gasteiger partial charge on any atom is 0.162 e. The summed E-state index contributed by atoms with van der Waals surface area (Å²) in [5.74, 6) is 2.11. The van der Waals surface area contributed by atoms with Gasteiger partial charge >= 0.3 is 0 Å². The van der Waals surface area contributed by atoms with Crippen LogP contribution in [-0.2, 0) is 0 Å². The molecule has 38 valence electrons. The van der Waals surface area contributed by atoms with Crippen LogP contribution in [0.25, 0.3) is 0 Å². The van der Waals surface area contributed by atoms with Gasteiger partial charge in [-0.1, -0.05) is 6.92 Å². The Morgan fingerprint density at radius 2 is 2.57 bits per heavy atom. The monoisotopic (exact) mass is 96.1 g/mol. The Labute approximate surface area is 43.7 Å². The molecule has 0 spiro atoms. The quantitative estimate of drug-likeness (QED) is 0.387. The summed E-state index contributed by atoms with van der Waals surface area (Å²) in [5, 5.41) is 8.48. The van der Waals surface area contributed by atoms with E-state index in [1.54, 1.807) is 6.08 Å². The first-order chi connectivity index (χ1) is 3.31. The molecule has 0 unspecified atom stereocenters. The average Bonchev–Trinajstić information content (AvgIpc) is 1.68. The smallest absolute Gasteiger partial charge is 0.162 e. The highest BCUT2D eigenvalue weighted by Crippen LogP contribution is 1.85. The summed E-state index contributed by atoms with van der Waals surface area (Å²) in [6.45, 7) is 1.91. The summed E-state index contributed by atoms with van der Waals surface area (Å²) < 4.78 is 0. The van der Waals surface area contributed by atoms with Gasteiger partial charge in [0.1, 0.15) is 0 Å². The molecule has 1 heteroatoms. The first-order valence-electron chi connectivity index (χ1n) is 2.17. The third-order valence-corrected chi connectivity index (χ3v) is 0.545. The zero-order chi connectivity index (χ0) is 5.70. The molecule has 0 aromatic carbocycles. The van der Waals surface area contributed by atoms with E-state index in [9.17, 15) is 0 Å². The fourth-order valence-electron chi connectivity index (χ4n) is 0.252. The van der Waals surface area contributed by atoms with Crippen LogP contribution in [0.1, 0.15) is 13.3 Å². The van der Waals surface area contributed by atoms with Crippen LogP contribution in [0.5, 0.6) is 0 Å². The lowest BCUT2D eigenvalue weighted by Crippen LogP contribution is -1.69. The second-order valence-corrected chi connectivity index (χ2v) is 1.14. The summed E-state index contributed by atoms with van der Waals surface area (Å²) in [6.07, 6.45) is 7.16. The normalized spacial score (nSPS) is 10.6. The Morgan fingerprint density at radius 3 is 2.71 bits per heavy atom. The lowest BCUT2D eigenvalue weighted by Gasteiger charge is -1.79. The third-order valence-electron chi connectivity index (χ3n) is 0.545. The van der Waals surface area contributed by atoms with Gasteiger partial charge in [0, 0.05) is 0 Å². The van der Waals surface area contributed by atoms with Crippen molar-refractivity contribution in [1.82, 2.24) is 0 Å². The first kappa shape index (κ1) is 6.10. The van der Waals surface area contributed by atoms with Gasteiger partial charge < -0.3 is 5.11 Å². The minimum Gasteiger partial charge on any atom is -0.501 e. The number of aliphatic hydroxyl groups is 1. The molecule has 0 heterocycles. The maximum atomic E-state index is 8.48. The van der Waals surface area contributed by atoms with Crippen LogP contribution in [0.3, 0.4) is 0 Å². The molecule has 0 saturated heterocycles. The predicted octanol–water partition coefficient (Wildman–Crippen LogP) is 1.47. The van der Waals surface area contributed by atoms with Crippen LogP contribution < -0.4 is 0 Å². The summed E-state index contributed by atoms with van der Waals surface area (Å²) in [6, 6.07) is 0. The minimum atomic E-state index is 0.0301. The lowest BCUT2D eigenvalue weighted by atomic mass is 10.4. The molecule has 0 aromatic heterocycles. The summed E-state index contributed by atoms with van der Waals surface area (Å²) in [7, 11) is 0. The molecule has 1 nitrogen and oxygen atoms in total. The van der Waals surface area contributed by atoms with E-state index in [-0.39, 0.29) is 5.76 Å². The summed E-state index contributed by atoms with van der Waals surface area (Å²) >= 11 is 0. The molecule has 7 heavy (non-hydrogen) atoms. The number of aliphatic hydroxyl groups excluding tert-OH is 1. The van der Waals surface area contributed by atoms with Crippen molar-refractivity contribution < 1.29 is 5.11 Å². The van der Waals surface area contributed by atoms with Gasteiger partial charge in [0.2, 0.25) is 0 Å². The van der Waals surface area contributed by atoms with Crippen molar-refractivity contribution in [3.63, 3.8) is 0 Å². The topological polar surface area (TPSA) is 20.2 Å². The van der Waals surface area contributed by atoms with Gasteiger partial charge in [-0.2, -0.15) is 0 Å². The largest absolute Gasteiger partial charge is 0.501 e. The van der Waals surface area contributed by atoms with Gasteiger partial charge in [-0.25, -0.2) is 0 Å². The van der Waals surface area contributed by atoms with Gasteiger partial charge in [-0.3, -0.25) is 0 Å². The predicted molar refractivity (Wildman–Crippen MR) is 29.8 cm³/mol. The van der Waals surface area contributed by atoms with E-state index in [2.05, 4.69) is 5.92 Å². The Balaban J connectivity index is 3.57. The molecule has 0 aromatic rings. The SMILES string of the molecule is C#CC(O)=CCC. The van der Waals surface area contributed by atoms with Crippen LogP contribution >= 0.6 is 0 Å². The molecular formula is C6H8O. The summed E-state index contributed by atoms with van der Waals surface area (Å²) in [4.78, 5) is 0. The van der Waals surface area contributed by atoms with Crippen molar-refractivity contribution >= 4 is 0 Å². The number of rotatable bonds is 1. The zero-order valence-corrected chi connectivity index (χ0v) is 4.31. The molecular weight excluding hydrogens is 88.1 g/mol. The van der Waals surface area contributed by atoms with Crippen molar-refractivity contribution in [3.05, 3.63) is 11.8 Å². The van der Waals surface area contributed by atoms with Crippen LogP contribution in [-0.4, -0.2) is 5.11 Å². The van der Waals surface area contributed by atoms with Crippen molar-refractivity contribution in [3.8, 4) is 12.3 Å². The molecule has 0 bridgehead atoms. The van der Waals surface area contributed by atoms with Crippen molar-refractivity contribution in [2.45, 2.75) is 13.3 Å². The van der Waals surface area contributed by atoms with Gasteiger partial charge in [0.25, 0.3) is 0 Å². The molecule has 0 fully saturated rings. The number of hydrogen-bond acceptors (Lipinski definition) is 1. The van der Waals surface area contributed by atoms with Gasteiger partial charge in [-0.05, 0) is 18.4 Å². The molecule has 0 radical (unpaired) electrons. The number of hydrogen-bond donors (Lipinski definition) is 1. The van der Waals surface area contributed by atoms with E-state index >= 15 is 0 Å². The van der Waals surface area contributed by atoms with Gasteiger partial charge in [-0.15, -0.1) is 6.42 Å². The summed E-state index contributed by atoms with van der Waals surface area (Å²) in [5.41, 5.74) is 0. The highest BCUT2D eigenvalue weighted by molar-refractivity contribution is 5.16. The standard InChI is InChI=1S/C6H8O/c1-3-5-6(7)4-2/h2,5,7H,3H2,1H3. The Kier molecular flexibility index (Phi) is 2.87. The van der Waals surface area contributed by atoms with E-state index in [1.807, 2.05) is 6.92 Å². The zero-order valence-electron chi connectivity index (χ0n) is 4.31. The minimum absolute atomic E-state index is 0.0301. The Morgan fingerprint density at radius 1 is 2.00 bits per heavy atom. The van der Waals surface area contributed by atoms with Crippen LogP contribution in [0.15, 0.2) is 11.8 Å². The third kappa shape index (κ3) is 2.92. The highest BCUT2D eigenvalue weighted by Gasteiger charge is 1.75. The lowest BCUT2D eigenvalue weighted by molar-refractivity contribution is 0.436.